The van der Waals surface area contributed by atoms with E-state index in [1.54, 1.807) is 13.0 Å². The molecular formula is C24H17ClO3S. The Kier molecular flexibility index (Phi) is 4.24. The summed E-state index contributed by atoms with van der Waals surface area (Å²) in [6.07, 6.45) is 0. The van der Waals surface area contributed by atoms with Gasteiger partial charge in [0.15, 0.2) is 0 Å². The summed E-state index contributed by atoms with van der Waals surface area (Å²) in [5, 5.41) is 8.15. The third kappa shape index (κ3) is 3.04. The Hall–Kier alpha value is -2.66. The molecule has 0 fully saturated rings. The van der Waals surface area contributed by atoms with Crippen LogP contribution in [0.15, 0.2) is 77.7 Å². The lowest BCUT2D eigenvalue weighted by Gasteiger charge is -2.12. The summed E-state index contributed by atoms with van der Waals surface area (Å²) in [4.78, 5) is 0.0269. The summed E-state index contributed by atoms with van der Waals surface area (Å²) in [6, 6.07) is 24.2. The molecule has 5 heteroatoms. The predicted octanol–water partition coefficient (Wildman–Crippen LogP) is 6.68. The number of hydrogen-bond donors (Lipinski definition) is 0. The fourth-order valence-corrected chi connectivity index (χ4v) is 5.56. The lowest BCUT2D eigenvalue weighted by molar-refractivity contribution is 0.338. The van der Waals surface area contributed by atoms with Crippen LogP contribution >= 0.6 is 11.6 Å². The SMILES string of the molecule is CCOS(=O)(=O)c1c(Cl)ccc2cc3cc4cc5ccccc5cc4cc3cc12. The number of rotatable bonds is 3. The molecule has 0 aliphatic rings. The van der Waals surface area contributed by atoms with E-state index in [0.29, 0.717) is 5.39 Å². The van der Waals surface area contributed by atoms with Crippen molar-refractivity contribution in [2.45, 2.75) is 11.8 Å². The van der Waals surface area contributed by atoms with Crippen molar-refractivity contribution in [3.8, 4) is 0 Å². The number of halogens is 1. The molecule has 0 aliphatic carbocycles. The Labute approximate surface area is 173 Å². The highest BCUT2D eigenvalue weighted by Gasteiger charge is 2.22. The summed E-state index contributed by atoms with van der Waals surface area (Å²) < 4.78 is 30.3. The molecule has 0 saturated carbocycles. The van der Waals surface area contributed by atoms with Gasteiger partial charge in [-0.25, -0.2) is 0 Å². The van der Waals surface area contributed by atoms with Crippen LogP contribution in [0.1, 0.15) is 6.92 Å². The molecule has 0 N–H and O–H groups in total. The minimum absolute atomic E-state index is 0.0269. The lowest BCUT2D eigenvalue weighted by atomic mass is 9.97. The molecule has 29 heavy (non-hydrogen) atoms. The smallest absolute Gasteiger partial charge is 0.267 e. The number of benzene rings is 5. The van der Waals surface area contributed by atoms with Gasteiger partial charge in [-0.3, -0.25) is 4.18 Å². The fraction of sp³-hybridized carbons (Fsp3) is 0.0833. The van der Waals surface area contributed by atoms with Crippen molar-refractivity contribution in [1.82, 2.24) is 0 Å². The molecule has 5 aromatic carbocycles. The van der Waals surface area contributed by atoms with Gasteiger partial charge < -0.3 is 0 Å². The Morgan fingerprint density at radius 1 is 0.724 bits per heavy atom. The van der Waals surface area contributed by atoms with E-state index in [0.717, 1.165) is 26.9 Å². The van der Waals surface area contributed by atoms with Crippen LogP contribution in [0, 0.1) is 0 Å². The molecule has 0 amide bonds. The highest BCUT2D eigenvalue weighted by molar-refractivity contribution is 7.87. The second-order valence-electron chi connectivity index (χ2n) is 7.06. The first-order chi connectivity index (χ1) is 14.0. The molecule has 0 aliphatic heterocycles. The quantitative estimate of drug-likeness (QED) is 0.241. The molecule has 3 nitrogen and oxygen atoms in total. The van der Waals surface area contributed by atoms with Crippen LogP contribution in [0.25, 0.3) is 43.1 Å². The molecular weight excluding hydrogens is 404 g/mol. The lowest BCUT2D eigenvalue weighted by Crippen LogP contribution is -2.07. The van der Waals surface area contributed by atoms with Gasteiger partial charge in [-0.2, -0.15) is 8.42 Å². The van der Waals surface area contributed by atoms with E-state index in [9.17, 15) is 8.42 Å². The van der Waals surface area contributed by atoms with E-state index in [4.69, 9.17) is 15.8 Å². The first-order valence-electron chi connectivity index (χ1n) is 9.34. The minimum atomic E-state index is -3.94. The fourth-order valence-electron chi connectivity index (χ4n) is 3.93. The van der Waals surface area contributed by atoms with Gasteiger partial charge in [-0.15, -0.1) is 0 Å². The second kappa shape index (κ2) is 6.70. The maximum absolute atomic E-state index is 12.7. The summed E-state index contributed by atoms with van der Waals surface area (Å²) >= 11 is 6.28. The molecule has 0 spiro atoms. The zero-order chi connectivity index (χ0) is 20.2. The van der Waals surface area contributed by atoms with Crippen molar-refractivity contribution in [3.05, 3.63) is 77.8 Å². The maximum atomic E-state index is 12.7. The highest BCUT2D eigenvalue weighted by atomic mass is 35.5. The van der Waals surface area contributed by atoms with Crippen LogP contribution in [-0.2, 0) is 14.3 Å². The summed E-state index contributed by atoms with van der Waals surface area (Å²) in [7, 11) is -3.94. The van der Waals surface area contributed by atoms with Crippen LogP contribution < -0.4 is 0 Å². The highest BCUT2D eigenvalue weighted by Crippen LogP contribution is 2.36. The third-order valence-corrected chi connectivity index (χ3v) is 7.14. The van der Waals surface area contributed by atoms with Gasteiger partial charge in [0.05, 0.1) is 11.6 Å². The van der Waals surface area contributed by atoms with Crippen LogP contribution in [0.5, 0.6) is 0 Å². The van der Waals surface area contributed by atoms with E-state index in [-0.39, 0.29) is 16.5 Å². The van der Waals surface area contributed by atoms with E-state index >= 15 is 0 Å². The summed E-state index contributed by atoms with van der Waals surface area (Å²) in [5.41, 5.74) is 0. The molecule has 0 aromatic heterocycles. The third-order valence-electron chi connectivity index (χ3n) is 5.22. The average Bonchev–Trinajstić information content (AvgIpc) is 2.69. The van der Waals surface area contributed by atoms with Gasteiger partial charge in [0.1, 0.15) is 4.90 Å². The second-order valence-corrected chi connectivity index (χ2v) is 9.02. The van der Waals surface area contributed by atoms with Crippen LogP contribution in [0.3, 0.4) is 0 Å². The molecule has 0 radical (unpaired) electrons. The minimum Gasteiger partial charge on any atom is -0.267 e. The zero-order valence-corrected chi connectivity index (χ0v) is 17.2. The van der Waals surface area contributed by atoms with E-state index in [1.165, 1.54) is 10.8 Å². The van der Waals surface area contributed by atoms with Gasteiger partial charge in [0.2, 0.25) is 0 Å². The monoisotopic (exact) mass is 420 g/mol. The molecule has 5 aromatic rings. The van der Waals surface area contributed by atoms with Gasteiger partial charge >= 0.3 is 0 Å². The van der Waals surface area contributed by atoms with Crippen molar-refractivity contribution in [2.75, 3.05) is 6.61 Å². The molecule has 5 rings (SSSR count). The molecule has 0 saturated heterocycles. The zero-order valence-electron chi connectivity index (χ0n) is 15.6. The van der Waals surface area contributed by atoms with Gasteiger partial charge in [0.25, 0.3) is 10.1 Å². The first-order valence-corrected chi connectivity index (χ1v) is 11.1. The topological polar surface area (TPSA) is 43.4 Å². The van der Waals surface area contributed by atoms with Crippen LogP contribution in [0.4, 0.5) is 0 Å². The van der Waals surface area contributed by atoms with E-state index in [1.807, 2.05) is 30.3 Å². The Morgan fingerprint density at radius 3 is 1.83 bits per heavy atom. The van der Waals surface area contributed by atoms with Crippen LogP contribution in [-0.4, -0.2) is 15.0 Å². The molecule has 0 bridgehead atoms. The number of fused-ring (bicyclic) bond motifs is 4. The van der Waals surface area contributed by atoms with Gasteiger partial charge in [-0.1, -0.05) is 41.9 Å². The van der Waals surface area contributed by atoms with Crippen molar-refractivity contribution in [1.29, 1.82) is 0 Å². The van der Waals surface area contributed by atoms with Gasteiger partial charge in [0, 0.05) is 5.39 Å². The van der Waals surface area contributed by atoms with Crippen molar-refractivity contribution in [2.24, 2.45) is 0 Å². The van der Waals surface area contributed by atoms with Gasteiger partial charge in [-0.05, 0) is 87.1 Å². The molecule has 0 unspecified atom stereocenters. The predicted molar refractivity (Wildman–Crippen MR) is 120 cm³/mol. The Morgan fingerprint density at radius 2 is 1.24 bits per heavy atom. The van der Waals surface area contributed by atoms with Crippen LogP contribution in [0.2, 0.25) is 5.02 Å². The Bertz CT molecular complexity index is 1540. The normalized spacial score (nSPS) is 12.3. The standard InChI is InChI=1S/C24H17ClO3S/c1-2-28-29(26,27)24-22-14-21-13-19-10-16-6-4-3-5-15(16)9-18(19)12-20(21)11-17(22)7-8-23(24)25/h3-14H,2H2,1H3. The van der Waals surface area contributed by atoms with Crippen molar-refractivity contribution in [3.63, 3.8) is 0 Å². The van der Waals surface area contributed by atoms with Crippen molar-refractivity contribution < 1.29 is 12.6 Å². The van der Waals surface area contributed by atoms with Crippen molar-refractivity contribution >= 4 is 64.8 Å². The molecule has 144 valence electrons. The Balaban J connectivity index is 1.86. The molecule has 0 heterocycles. The first kappa shape index (κ1) is 18.4. The molecule has 0 atom stereocenters. The average molecular weight is 421 g/mol. The number of hydrogen-bond acceptors (Lipinski definition) is 3. The summed E-state index contributed by atoms with van der Waals surface area (Å²) in [6.45, 7) is 1.70. The summed E-state index contributed by atoms with van der Waals surface area (Å²) in [5.74, 6) is 0. The van der Waals surface area contributed by atoms with E-state index in [2.05, 4.69) is 36.4 Å². The maximum Gasteiger partial charge on any atom is 0.299 e. The van der Waals surface area contributed by atoms with E-state index < -0.39 is 10.1 Å². The largest absolute Gasteiger partial charge is 0.299 e.